The summed E-state index contributed by atoms with van der Waals surface area (Å²) in [6.07, 6.45) is 3.36. The van der Waals surface area contributed by atoms with Crippen LogP contribution in [0.25, 0.3) is 10.9 Å². The lowest BCUT2D eigenvalue weighted by molar-refractivity contribution is -0.130. The van der Waals surface area contributed by atoms with Crippen molar-refractivity contribution in [3.8, 4) is 0 Å². The molecule has 0 aliphatic carbocycles. The number of likely N-dealkylation sites (tertiary alicyclic amines) is 1. The molecule has 0 bridgehead atoms. The van der Waals surface area contributed by atoms with Crippen LogP contribution in [-0.2, 0) is 16.1 Å². The first kappa shape index (κ1) is 24.9. The third kappa shape index (κ3) is 6.68. The van der Waals surface area contributed by atoms with Gasteiger partial charge in [0.1, 0.15) is 5.82 Å². The van der Waals surface area contributed by atoms with E-state index in [-0.39, 0.29) is 29.5 Å². The molecule has 2 heterocycles. The number of fused-ring (bicyclic) bond motifs is 1. The SMILES string of the molecule is CN(C)CCCNC(=O)[C@H]1C[C@@H](C(=O)Nc2ccc(F)cc2)CN(Cc2c[nH]c3ccccc23)C1. The van der Waals surface area contributed by atoms with Crippen LogP contribution in [-0.4, -0.2) is 66.9 Å². The maximum atomic E-state index is 13.3. The molecule has 35 heavy (non-hydrogen) atoms. The van der Waals surface area contributed by atoms with Crippen molar-refractivity contribution >= 4 is 28.4 Å². The van der Waals surface area contributed by atoms with Gasteiger partial charge in [0.25, 0.3) is 0 Å². The number of hydrogen-bond acceptors (Lipinski definition) is 4. The summed E-state index contributed by atoms with van der Waals surface area (Å²) < 4.78 is 13.3. The van der Waals surface area contributed by atoms with Gasteiger partial charge in [-0.2, -0.15) is 0 Å². The summed E-state index contributed by atoms with van der Waals surface area (Å²) in [7, 11) is 4.02. The minimum Gasteiger partial charge on any atom is -0.361 e. The van der Waals surface area contributed by atoms with Gasteiger partial charge in [-0.25, -0.2) is 4.39 Å². The van der Waals surface area contributed by atoms with Gasteiger partial charge in [0, 0.05) is 49.0 Å². The first-order chi connectivity index (χ1) is 16.9. The smallest absolute Gasteiger partial charge is 0.228 e. The van der Waals surface area contributed by atoms with E-state index in [0.717, 1.165) is 29.4 Å². The summed E-state index contributed by atoms with van der Waals surface area (Å²) in [5, 5.41) is 7.11. The fraction of sp³-hybridized carbons (Fsp3) is 0.407. The molecule has 4 rings (SSSR count). The maximum absolute atomic E-state index is 13.3. The highest BCUT2D eigenvalue weighted by Gasteiger charge is 2.35. The summed E-state index contributed by atoms with van der Waals surface area (Å²) in [4.78, 5) is 33.8. The second-order valence-corrected chi connectivity index (χ2v) is 9.63. The molecule has 0 spiro atoms. The van der Waals surface area contributed by atoms with Crippen molar-refractivity contribution in [3.63, 3.8) is 0 Å². The molecular weight excluding hydrogens is 445 g/mol. The normalized spacial score (nSPS) is 18.6. The fourth-order valence-electron chi connectivity index (χ4n) is 4.73. The summed E-state index contributed by atoms with van der Waals surface area (Å²) >= 11 is 0. The van der Waals surface area contributed by atoms with Crippen LogP contribution in [0.5, 0.6) is 0 Å². The number of para-hydroxylation sites is 1. The summed E-state index contributed by atoms with van der Waals surface area (Å²) in [6, 6.07) is 13.9. The Morgan fingerprint density at radius 2 is 1.77 bits per heavy atom. The molecule has 1 saturated heterocycles. The first-order valence-electron chi connectivity index (χ1n) is 12.2. The van der Waals surface area contributed by atoms with E-state index in [1.165, 1.54) is 12.1 Å². The van der Waals surface area contributed by atoms with Gasteiger partial charge >= 0.3 is 0 Å². The molecule has 2 amide bonds. The molecule has 3 N–H and O–H groups in total. The van der Waals surface area contributed by atoms with E-state index < -0.39 is 0 Å². The highest BCUT2D eigenvalue weighted by molar-refractivity contribution is 5.93. The van der Waals surface area contributed by atoms with Gasteiger partial charge in [-0.1, -0.05) is 18.2 Å². The number of amides is 2. The molecule has 7 nitrogen and oxygen atoms in total. The Hall–Kier alpha value is -3.23. The van der Waals surface area contributed by atoms with Gasteiger partial charge in [-0.3, -0.25) is 14.5 Å². The standard InChI is InChI=1S/C27H34FN5O2/c1-32(2)13-5-12-29-26(34)19-14-20(27(35)31-23-10-8-22(28)9-11-23)17-33(16-19)18-21-15-30-25-7-4-3-6-24(21)25/h3-4,6-11,15,19-20,30H,5,12-14,16-18H2,1-2H3,(H,29,34)(H,31,35)/t19-,20+/m0/s1. The van der Waals surface area contributed by atoms with Crippen molar-refractivity contribution in [2.75, 3.05) is 45.6 Å². The van der Waals surface area contributed by atoms with Crippen LogP contribution in [0, 0.1) is 17.7 Å². The van der Waals surface area contributed by atoms with E-state index in [2.05, 4.69) is 31.5 Å². The Balaban J connectivity index is 1.46. The zero-order valence-electron chi connectivity index (χ0n) is 20.4. The zero-order valence-corrected chi connectivity index (χ0v) is 20.4. The number of carbonyl (C=O) groups excluding carboxylic acids is 2. The Morgan fingerprint density at radius 1 is 1.06 bits per heavy atom. The van der Waals surface area contributed by atoms with E-state index in [1.807, 2.05) is 38.5 Å². The lowest BCUT2D eigenvalue weighted by atomic mass is 9.87. The number of nitrogens with one attached hydrogen (secondary N) is 3. The van der Waals surface area contributed by atoms with Gasteiger partial charge in [0.2, 0.25) is 11.8 Å². The number of H-pyrrole nitrogens is 1. The highest BCUT2D eigenvalue weighted by atomic mass is 19.1. The topological polar surface area (TPSA) is 80.5 Å². The number of anilines is 1. The monoisotopic (exact) mass is 479 g/mol. The van der Waals surface area contributed by atoms with Crippen LogP contribution in [0.3, 0.4) is 0 Å². The van der Waals surface area contributed by atoms with Gasteiger partial charge in [-0.15, -0.1) is 0 Å². The fourth-order valence-corrected chi connectivity index (χ4v) is 4.73. The third-order valence-corrected chi connectivity index (χ3v) is 6.53. The molecule has 0 unspecified atom stereocenters. The molecule has 8 heteroatoms. The van der Waals surface area contributed by atoms with Crippen molar-refractivity contribution in [1.29, 1.82) is 0 Å². The van der Waals surface area contributed by atoms with Crippen molar-refractivity contribution in [2.24, 2.45) is 11.8 Å². The van der Waals surface area contributed by atoms with Crippen molar-refractivity contribution in [1.82, 2.24) is 20.1 Å². The number of nitrogens with zero attached hydrogens (tertiary/aromatic N) is 2. The van der Waals surface area contributed by atoms with Crippen LogP contribution in [0.15, 0.2) is 54.7 Å². The predicted molar refractivity (Wildman–Crippen MR) is 136 cm³/mol. The third-order valence-electron chi connectivity index (χ3n) is 6.53. The lowest BCUT2D eigenvalue weighted by Gasteiger charge is -2.36. The maximum Gasteiger partial charge on any atom is 0.228 e. The van der Waals surface area contributed by atoms with Crippen molar-refractivity contribution in [3.05, 3.63) is 66.1 Å². The first-order valence-corrected chi connectivity index (χ1v) is 12.2. The minimum absolute atomic E-state index is 0.00744. The van der Waals surface area contributed by atoms with Gasteiger partial charge < -0.3 is 20.5 Å². The number of aromatic amines is 1. The molecule has 3 aromatic rings. The molecule has 0 saturated carbocycles. The second kappa shape index (κ2) is 11.5. The van der Waals surface area contributed by atoms with E-state index in [9.17, 15) is 14.0 Å². The quantitative estimate of drug-likeness (QED) is 0.411. The van der Waals surface area contributed by atoms with Gasteiger partial charge in [0.05, 0.1) is 11.8 Å². The van der Waals surface area contributed by atoms with E-state index in [4.69, 9.17) is 0 Å². The molecular formula is C27H34FN5O2. The highest BCUT2D eigenvalue weighted by Crippen LogP contribution is 2.27. The lowest BCUT2D eigenvalue weighted by Crippen LogP contribution is -2.49. The molecule has 2 aromatic carbocycles. The average Bonchev–Trinajstić information content (AvgIpc) is 3.25. The molecule has 1 fully saturated rings. The van der Waals surface area contributed by atoms with Gasteiger partial charge in [-0.05, 0) is 69.4 Å². The van der Waals surface area contributed by atoms with Crippen molar-refractivity contribution < 1.29 is 14.0 Å². The van der Waals surface area contributed by atoms with Crippen LogP contribution in [0.2, 0.25) is 0 Å². The molecule has 1 aliphatic heterocycles. The minimum atomic E-state index is -0.350. The van der Waals surface area contributed by atoms with Crippen LogP contribution in [0.4, 0.5) is 10.1 Å². The van der Waals surface area contributed by atoms with E-state index in [1.54, 1.807) is 12.1 Å². The number of halogens is 1. The summed E-state index contributed by atoms with van der Waals surface area (Å²) in [5.41, 5.74) is 2.76. The Morgan fingerprint density at radius 3 is 2.51 bits per heavy atom. The molecule has 1 aliphatic rings. The number of piperidine rings is 1. The van der Waals surface area contributed by atoms with Crippen LogP contribution < -0.4 is 10.6 Å². The van der Waals surface area contributed by atoms with Crippen LogP contribution >= 0.6 is 0 Å². The second-order valence-electron chi connectivity index (χ2n) is 9.63. The van der Waals surface area contributed by atoms with E-state index in [0.29, 0.717) is 38.3 Å². The molecule has 186 valence electrons. The number of benzene rings is 2. The van der Waals surface area contributed by atoms with E-state index >= 15 is 0 Å². The number of hydrogen-bond donors (Lipinski definition) is 3. The van der Waals surface area contributed by atoms with Crippen molar-refractivity contribution in [2.45, 2.75) is 19.4 Å². The number of aromatic nitrogens is 1. The molecule has 0 radical (unpaired) electrons. The predicted octanol–water partition coefficient (Wildman–Crippen LogP) is 3.45. The average molecular weight is 480 g/mol. The largest absolute Gasteiger partial charge is 0.361 e. The van der Waals surface area contributed by atoms with Gasteiger partial charge in [0.15, 0.2) is 0 Å². The Labute approximate surface area is 205 Å². The Kier molecular flexibility index (Phi) is 8.15. The number of rotatable bonds is 9. The summed E-state index contributed by atoms with van der Waals surface area (Å²) in [6.45, 7) is 3.31. The Bertz CT molecular complexity index is 1140. The summed E-state index contributed by atoms with van der Waals surface area (Å²) in [5.74, 6) is -1.14. The van der Waals surface area contributed by atoms with Crippen LogP contribution in [0.1, 0.15) is 18.4 Å². The molecule has 1 aromatic heterocycles. The zero-order chi connectivity index (χ0) is 24.8. The molecule has 2 atom stereocenters. The number of carbonyl (C=O) groups is 2.